The van der Waals surface area contributed by atoms with Crippen LogP contribution in [0.15, 0.2) is 35.9 Å². The van der Waals surface area contributed by atoms with Crippen molar-refractivity contribution in [1.29, 1.82) is 0 Å². The highest BCUT2D eigenvalue weighted by atomic mass is 16.5. The molecule has 1 aromatic carbocycles. The molecule has 0 saturated carbocycles. The molecule has 3 heteroatoms. The maximum absolute atomic E-state index is 11.0. The standard InChI is InChI=1S/C14H16O3/c1-17-12-6-2-4-10(9-12)8-11-5-3-7-13(11)14(15)16/h2,4,6-7,9,11H,3,5,8H2,1H3,(H,15,16). The molecule has 0 aromatic heterocycles. The number of aliphatic carboxylic acids is 1. The van der Waals surface area contributed by atoms with Crippen molar-refractivity contribution in [3.63, 3.8) is 0 Å². The molecule has 0 aliphatic heterocycles. The van der Waals surface area contributed by atoms with Crippen molar-refractivity contribution in [3.8, 4) is 5.75 Å². The van der Waals surface area contributed by atoms with Gasteiger partial charge in [-0.05, 0) is 42.9 Å². The van der Waals surface area contributed by atoms with Gasteiger partial charge in [-0.25, -0.2) is 4.79 Å². The molecule has 0 bridgehead atoms. The quantitative estimate of drug-likeness (QED) is 0.868. The van der Waals surface area contributed by atoms with E-state index in [1.165, 1.54) is 0 Å². The van der Waals surface area contributed by atoms with Crippen LogP contribution in [0.25, 0.3) is 0 Å². The summed E-state index contributed by atoms with van der Waals surface area (Å²) >= 11 is 0. The maximum atomic E-state index is 11.0. The molecule has 1 unspecified atom stereocenters. The monoisotopic (exact) mass is 232 g/mol. The molecule has 2 rings (SSSR count). The molecule has 3 nitrogen and oxygen atoms in total. The summed E-state index contributed by atoms with van der Waals surface area (Å²) in [6, 6.07) is 7.82. The molecular weight excluding hydrogens is 216 g/mol. The molecule has 17 heavy (non-hydrogen) atoms. The van der Waals surface area contributed by atoms with E-state index >= 15 is 0 Å². The Morgan fingerprint density at radius 1 is 1.53 bits per heavy atom. The number of methoxy groups -OCH3 is 1. The van der Waals surface area contributed by atoms with Crippen LogP contribution in [0.5, 0.6) is 5.75 Å². The van der Waals surface area contributed by atoms with Gasteiger partial charge in [0.25, 0.3) is 0 Å². The first kappa shape index (κ1) is 11.7. The minimum atomic E-state index is -0.782. The van der Waals surface area contributed by atoms with Crippen molar-refractivity contribution in [2.75, 3.05) is 7.11 Å². The van der Waals surface area contributed by atoms with Crippen molar-refractivity contribution in [1.82, 2.24) is 0 Å². The highest BCUT2D eigenvalue weighted by Crippen LogP contribution is 2.29. The zero-order chi connectivity index (χ0) is 12.3. The number of rotatable bonds is 4. The average molecular weight is 232 g/mol. The number of hydrogen-bond acceptors (Lipinski definition) is 2. The summed E-state index contributed by atoms with van der Waals surface area (Å²) in [5, 5.41) is 9.07. The van der Waals surface area contributed by atoms with Crippen molar-refractivity contribution in [2.45, 2.75) is 19.3 Å². The zero-order valence-corrected chi connectivity index (χ0v) is 9.85. The molecule has 1 aromatic rings. The largest absolute Gasteiger partial charge is 0.497 e. The van der Waals surface area contributed by atoms with Crippen molar-refractivity contribution in [3.05, 3.63) is 41.5 Å². The molecule has 0 fully saturated rings. The minimum absolute atomic E-state index is 0.139. The van der Waals surface area contributed by atoms with Gasteiger partial charge >= 0.3 is 5.97 Å². The third kappa shape index (κ3) is 2.67. The summed E-state index contributed by atoms with van der Waals surface area (Å²) in [5.41, 5.74) is 1.69. The predicted octanol–water partition coefficient (Wildman–Crippen LogP) is 2.66. The lowest BCUT2D eigenvalue weighted by Gasteiger charge is -2.12. The van der Waals surface area contributed by atoms with E-state index in [-0.39, 0.29) is 5.92 Å². The van der Waals surface area contributed by atoms with Crippen LogP contribution in [0.1, 0.15) is 18.4 Å². The van der Waals surface area contributed by atoms with Crippen LogP contribution in [-0.4, -0.2) is 18.2 Å². The lowest BCUT2D eigenvalue weighted by atomic mass is 9.93. The van der Waals surface area contributed by atoms with Crippen LogP contribution < -0.4 is 4.74 Å². The first-order valence-electron chi connectivity index (χ1n) is 5.77. The van der Waals surface area contributed by atoms with Gasteiger partial charge in [0.05, 0.1) is 7.11 Å². The molecule has 1 aliphatic rings. The maximum Gasteiger partial charge on any atom is 0.331 e. The minimum Gasteiger partial charge on any atom is -0.497 e. The molecule has 0 spiro atoms. The summed E-state index contributed by atoms with van der Waals surface area (Å²) in [6.45, 7) is 0. The second kappa shape index (κ2) is 5.04. The third-order valence-corrected chi connectivity index (χ3v) is 3.18. The van der Waals surface area contributed by atoms with E-state index in [0.29, 0.717) is 5.57 Å². The van der Waals surface area contributed by atoms with Gasteiger partial charge in [-0.1, -0.05) is 18.2 Å². The number of carboxylic acid groups (broad SMARTS) is 1. The number of ether oxygens (including phenoxy) is 1. The van der Waals surface area contributed by atoms with Gasteiger partial charge in [-0.2, -0.15) is 0 Å². The number of carboxylic acids is 1. The Bertz CT molecular complexity index is 449. The van der Waals surface area contributed by atoms with E-state index in [1.54, 1.807) is 7.11 Å². The fraction of sp³-hybridized carbons (Fsp3) is 0.357. The molecular formula is C14H16O3. The molecule has 1 N–H and O–H groups in total. The molecule has 90 valence electrons. The van der Waals surface area contributed by atoms with E-state index in [1.807, 2.05) is 30.3 Å². The van der Waals surface area contributed by atoms with Crippen LogP contribution in [0.2, 0.25) is 0 Å². The van der Waals surface area contributed by atoms with Crippen LogP contribution in [0.3, 0.4) is 0 Å². The second-order valence-corrected chi connectivity index (χ2v) is 4.29. The fourth-order valence-corrected chi connectivity index (χ4v) is 2.32. The van der Waals surface area contributed by atoms with E-state index in [4.69, 9.17) is 9.84 Å². The highest BCUT2D eigenvalue weighted by molar-refractivity contribution is 5.87. The Morgan fingerprint density at radius 2 is 2.35 bits per heavy atom. The number of benzene rings is 1. The van der Waals surface area contributed by atoms with Crippen molar-refractivity contribution >= 4 is 5.97 Å². The first-order valence-corrected chi connectivity index (χ1v) is 5.77. The summed E-state index contributed by atoms with van der Waals surface area (Å²) < 4.78 is 5.16. The molecule has 0 heterocycles. The number of allylic oxidation sites excluding steroid dienone is 1. The number of carbonyl (C=O) groups is 1. The second-order valence-electron chi connectivity index (χ2n) is 4.29. The lowest BCUT2D eigenvalue weighted by molar-refractivity contribution is -0.133. The Morgan fingerprint density at radius 3 is 3.06 bits per heavy atom. The fourth-order valence-electron chi connectivity index (χ4n) is 2.32. The van der Waals surface area contributed by atoms with Crippen LogP contribution in [0, 0.1) is 5.92 Å². The lowest BCUT2D eigenvalue weighted by Crippen LogP contribution is -2.11. The third-order valence-electron chi connectivity index (χ3n) is 3.18. The normalized spacial score (nSPS) is 18.9. The summed E-state index contributed by atoms with van der Waals surface area (Å²) in [5.74, 6) is 0.177. The van der Waals surface area contributed by atoms with Crippen LogP contribution in [-0.2, 0) is 11.2 Å². The van der Waals surface area contributed by atoms with Crippen LogP contribution in [0.4, 0.5) is 0 Å². The summed E-state index contributed by atoms with van der Waals surface area (Å²) in [6.07, 6.45) is 4.41. The predicted molar refractivity (Wildman–Crippen MR) is 65.1 cm³/mol. The molecule has 0 amide bonds. The average Bonchev–Trinajstić information content (AvgIpc) is 2.77. The van der Waals surface area contributed by atoms with Gasteiger partial charge in [0.15, 0.2) is 0 Å². The molecule has 0 radical (unpaired) electrons. The van der Waals surface area contributed by atoms with Gasteiger partial charge in [-0.15, -0.1) is 0 Å². The van der Waals surface area contributed by atoms with E-state index in [2.05, 4.69) is 0 Å². The van der Waals surface area contributed by atoms with Crippen molar-refractivity contribution < 1.29 is 14.6 Å². The molecule has 1 atom stereocenters. The topological polar surface area (TPSA) is 46.5 Å². The Kier molecular flexibility index (Phi) is 3.47. The zero-order valence-electron chi connectivity index (χ0n) is 9.85. The Labute approximate surface area is 101 Å². The van der Waals surface area contributed by atoms with Gasteiger partial charge in [0, 0.05) is 5.57 Å². The number of hydrogen-bond donors (Lipinski definition) is 1. The van der Waals surface area contributed by atoms with Gasteiger partial charge in [0.1, 0.15) is 5.75 Å². The van der Waals surface area contributed by atoms with Gasteiger partial charge in [-0.3, -0.25) is 0 Å². The van der Waals surface area contributed by atoms with Gasteiger partial charge < -0.3 is 9.84 Å². The SMILES string of the molecule is COc1cccc(CC2CCC=C2C(=O)O)c1. The molecule has 0 saturated heterocycles. The molecule has 1 aliphatic carbocycles. The van der Waals surface area contributed by atoms with E-state index in [0.717, 1.165) is 30.6 Å². The van der Waals surface area contributed by atoms with E-state index in [9.17, 15) is 4.79 Å². The Balaban J connectivity index is 2.10. The Hall–Kier alpha value is -1.77. The first-order chi connectivity index (χ1) is 8.20. The highest BCUT2D eigenvalue weighted by Gasteiger charge is 2.24. The summed E-state index contributed by atoms with van der Waals surface area (Å²) in [4.78, 5) is 11.0. The van der Waals surface area contributed by atoms with Crippen LogP contribution >= 0.6 is 0 Å². The van der Waals surface area contributed by atoms with Crippen molar-refractivity contribution in [2.24, 2.45) is 5.92 Å². The van der Waals surface area contributed by atoms with Gasteiger partial charge in [0.2, 0.25) is 0 Å². The van der Waals surface area contributed by atoms with E-state index < -0.39 is 5.97 Å². The summed E-state index contributed by atoms with van der Waals surface area (Å²) in [7, 11) is 1.64. The smallest absolute Gasteiger partial charge is 0.331 e.